The zero-order chi connectivity index (χ0) is 7.44. The van der Waals surface area contributed by atoms with Gasteiger partial charge in [0.15, 0.2) is 0 Å². The first-order valence-electron chi connectivity index (χ1n) is 2.48. The highest BCUT2D eigenvalue weighted by molar-refractivity contribution is 9.09. The molecule has 0 aliphatic heterocycles. The first-order chi connectivity index (χ1) is 4.09. The second kappa shape index (κ2) is 3.79. The third-order valence-electron chi connectivity index (χ3n) is 0.988. The summed E-state index contributed by atoms with van der Waals surface area (Å²) in [5.74, 6) is 0. The molecular formula is C4H8BrNO3. The molecule has 0 aromatic heterocycles. The standard InChI is InChI=1S/C4H8BrNO3/c1-3(5)4(2-7)6(8)9/h3-4,7H,2H2,1H3. The lowest BCUT2D eigenvalue weighted by Gasteiger charge is -2.06. The quantitative estimate of drug-likeness (QED) is 0.405. The van der Waals surface area contributed by atoms with Crippen molar-refractivity contribution >= 4 is 15.9 Å². The van der Waals surface area contributed by atoms with Crippen molar-refractivity contribution in [3.8, 4) is 0 Å². The van der Waals surface area contributed by atoms with Crippen LogP contribution >= 0.6 is 15.9 Å². The Morgan fingerprint density at radius 2 is 2.33 bits per heavy atom. The van der Waals surface area contributed by atoms with Crippen LogP contribution in [0, 0.1) is 10.1 Å². The van der Waals surface area contributed by atoms with E-state index in [0.717, 1.165) is 0 Å². The summed E-state index contributed by atoms with van der Waals surface area (Å²) >= 11 is 3.00. The highest BCUT2D eigenvalue weighted by Gasteiger charge is 2.23. The highest BCUT2D eigenvalue weighted by atomic mass is 79.9. The van der Waals surface area contributed by atoms with Crippen LogP contribution in [0.3, 0.4) is 0 Å². The van der Waals surface area contributed by atoms with Crippen LogP contribution in [-0.2, 0) is 0 Å². The molecule has 1 N–H and O–H groups in total. The lowest BCUT2D eigenvalue weighted by atomic mass is 10.2. The van der Waals surface area contributed by atoms with E-state index in [4.69, 9.17) is 5.11 Å². The molecular weight excluding hydrogens is 190 g/mol. The van der Waals surface area contributed by atoms with Crippen molar-refractivity contribution < 1.29 is 10.0 Å². The van der Waals surface area contributed by atoms with Gasteiger partial charge in [-0.3, -0.25) is 10.1 Å². The van der Waals surface area contributed by atoms with Crippen molar-refractivity contribution in [3.63, 3.8) is 0 Å². The molecule has 0 aliphatic rings. The number of hydrogen-bond acceptors (Lipinski definition) is 3. The van der Waals surface area contributed by atoms with Crippen molar-refractivity contribution in [3.05, 3.63) is 10.1 Å². The second-order valence-corrected chi connectivity index (χ2v) is 3.16. The van der Waals surface area contributed by atoms with E-state index < -0.39 is 17.6 Å². The fraction of sp³-hybridized carbons (Fsp3) is 1.00. The molecule has 0 saturated heterocycles. The van der Waals surface area contributed by atoms with Crippen LogP contribution in [0.5, 0.6) is 0 Å². The molecule has 0 radical (unpaired) electrons. The number of aliphatic hydroxyl groups excluding tert-OH is 1. The molecule has 0 saturated carbocycles. The number of aliphatic hydroxyl groups is 1. The summed E-state index contributed by atoms with van der Waals surface area (Å²) in [6.45, 7) is 1.21. The monoisotopic (exact) mass is 197 g/mol. The SMILES string of the molecule is CC(Br)C(CO)[N+](=O)[O-]. The highest BCUT2D eigenvalue weighted by Crippen LogP contribution is 2.06. The number of halogens is 1. The zero-order valence-corrected chi connectivity index (χ0v) is 6.54. The minimum atomic E-state index is -0.884. The Bertz CT molecular complexity index is 106. The van der Waals surface area contributed by atoms with Gasteiger partial charge in [0.25, 0.3) is 0 Å². The predicted octanol–water partition coefficient (Wildman–Crippen LogP) is 0.407. The Kier molecular flexibility index (Phi) is 3.72. The molecule has 9 heavy (non-hydrogen) atoms. The zero-order valence-electron chi connectivity index (χ0n) is 4.95. The number of hydrogen-bond donors (Lipinski definition) is 1. The molecule has 0 aromatic rings. The summed E-state index contributed by atoms with van der Waals surface area (Å²) in [5, 5.41) is 18.4. The van der Waals surface area contributed by atoms with Crippen molar-refractivity contribution in [2.75, 3.05) is 6.61 Å². The average molecular weight is 198 g/mol. The second-order valence-electron chi connectivity index (χ2n) is 1.71. The Morgan fingerprint density at radius 3 is 2.33 bits per heavy atom. The molecule has 0 spiro atoms. The van der Waals surface area contributed by atoms with Crippen LogP contribution in [0.1, 0.15) is 6.92 Å². The molecule has 0 aliphatic carbocycles. The molecule has 5 heteroatoms. The van der Waals surface area contributed by atoms with Crippen LogP contribution in [0.25, 0.3) is 0 Å². The molecule has 2 atom stereocenters. The molecule has 0 fully saturated rings. The largest absolute Gasteiger partial charge is 0.389 e. The molecule has 4 nitrogen and oxygen atoms in total. The van der Waals surface area contributed by atoms with Crippen molar-refractivity contribution in [1.29, 1.82) is 0 Å². The fourth-order valence-corrected chi connectivity index (χ4v) is 0.740. The topological polar surface area (TPSA) is 63.4 Å². The number of nitro groups is 1. The van der Waals surface area contributed by atoms with Crippen LogP contribution in [0.15, 0.2) is 0 Å². The summed E-state index contributed by atoms with van der Waals surface area (Å²) in [5.41, 5.74) is 0. The van der Waals surface area contributed by atoms with Gasteiger partial charge >= 0.3 is 0 Å². The Morgan fingerprint density at radius 1 is 1.89 bits per heavy atom. The third kappa shape index (κ3) is 2.76. The van der Waals surface area contributed by atoms with Gasteiger partial charge in [-0.25, -0.2) is 0 Å². The maximum Gasteiger partial charge on any atom is 0.247 e. The molecule has 0 aromatic carbocycles. The van der Waals surface area contributed by atoms with Crippen molar-refractivity contribution in [2.45, 2.75) is 17.8 Å². The maximum atomic E-state index is 9.99. The van der Waals surface area contributed by atoms with Crippen molar-refractivity contribution in [1.82, 2.24) is 0 Å². The van der Waals surface area contributed by atoms with Crippen LogP contribution in [-0.4, -0.2) is 27.5 Å². The van der Waals surface area contributed by atoms with E-state index in [-0.39, 0.29) is 4.83 Å². The summed E-state index contributed by atoms with van der Waals surface area (Å²) in [4.78, 5) is 9.21. The molecule has 0 heterocycles. The Balaban J connectivity index is 3.83. The van der Waals surface area contributed by atoms with Gasteiger partial charge in [-0.1, -0.05) is 15.9 Å². The van der Waals surface area contributed by atoms with E-state index in [9.17, 15) is 10.1 Å². The molecule has 0 amide bonds. The maximum absolute atomic E-state index is 9.99. The lowest BCUT2D eigenvalue weighted by Crippen LogP contribution is -2.31. The van der Waals surface area contributed by atoms with Gasteiger partial charge in [0, 0.05) is 4.92 Å². The predicted molar refractivity (Wildman–Crippen MR) is 36.3 cm³/mol. The van der Waals surface area contributed by atoms with Gasteiger partial charge in [0.05, 0.1) is 4.83 Å². The minimum Gasteiger partial charge on any atom is -0.389 e. The third-order valence-corrected chi connectivity index (χ3v) is 1.60. The summed E-state index contributed by atoms with van der Waals surface area (Å²) in [6.07, 6.45) is 0. The van der Waals surface area contributed by atoms with E-state index >= 15 is 0 Å². The van der Waals surface area contributed by atoms with E-state index in [0.29, 0.717) is 0 Å². The summed E-state index contributed by atoms with van der Waals surface area (Å²) in [7, 11) is 0. The number of alkyl halides is 1. The normalized spacial score (nSPS) is 16.8. The lowest BCUT2D eigenvalue weighted by molar-refractivity contribution is -0.524. The Labute approximate surface area is 61.1 Å². The van der Waals surface area contributed by atoms with Gasteiger partial charge in [0.1, 0.15) is 6.61 Å². The van der Waals surface area contributed by atoms with Crippen LogP contribution < -0.4 is 0 Å². The smallest absolute Gasteiger partial charge is 0.247 e. The summed E-state index contributed by atoms with van der Waals surface area (Å²) < 4.78 is 0. The van der Waals surface area contributed by atoms with Gasteiger partial charge in [-0.15, -0.1) is 0 Å². The summed E-state index contributed by atoms with van der Waals surface area (Å²) in [6, 6.07) is -0.884. The number of nitrogens with zero attached hydrogens (tertiary/aromatic N) is 1. The molecule has 0 bridgehead atoms. The first-order valence-corrected chi connectivity index (χ1v) is 3.39. The van der Waals surface area contributed by atoms with E-state index in [1.54, 1.807) is 6.92 Å². The van der Waals surface area contributed by atoms with E-state index in [1.165, 1.54) is 0 Å². The van der Waals surface area contributed by atoms with Gasteiger partial charge < -0.3 is 5.11 Å². The van der Waals surface area contributed by atoms with Gasteiger partial charge in [0.2, 0.25) is 6.04 Å². The van der Waals surface area contributed by atoms with E-state index in [1.807, 2.05) is 0 Å². The fourth-order valence-electron chi connectivity index (χ4n) is 0.380. The van der Waals surface area contributed by atoms with Crippen LogP contribution in [0.4, 0.5) is 0 Å². The molecule has 0 rings (SSSR count). The Hall–Kier alpha value is -0.160. The van der Waals surface area contributed by atoms with Crippen molar-refractivity contribution in [2.24, 2.45) is 0 Å². The first kappa shape index (κ1) is 8.84. The molecule has 2 unspecified atom stereocenters. The average Bonchev–Trinajstić information content (AvgIpc) is 1.64. The van der Waals surface area contributed by atoms with E-state index in [2.05, 4.69) is 15.9 Å². The minimum absolute atomic E-state index is 0.280. The van der Waals surface area contributed by atoms with Gasteiger partial charge in [-0.2, -0.15) is 0 Å². The number of rotatable bonds is 3. The van der Waals surface area contributed by atoms with Gasteiger partial charge in [-0.05, 0) is 6.92 Å². The van der Waals surface area contributed by atoms with Crippen LogP contribution in [0.2, 0.25) is 0 Å². The molecule has 54 valence electrons.